The van der Waals surface area contributed by atoms with E-state index in [9.17, 15) is 4.79 Å². The number of amides is 1. The van der Waals surface area contributed by atoms with Gasteiger partial charge in [-0.3, -0.25) is 4.79 Å². The Hall–Kier alpha value is -2.80. The van der Waals surface area contributed by atoms with Crippen molar-refractivity contribution in [1.82, 2.24) is 19.4 Å². The Labute approximate surface area is 181 Å². The normalized spacial score (nSPS) is 26.5. The molecule has 4 fully saturated rings. The van der Waals surface area contributed by atoms with Crippen LogP contribution in [-0.4, -0.2) is 76.8 Å². The molecule has 1 saturated carbocycles. The van der Waals surface area contributed by atoms with E-state index in [0.717, 1.165) is 64.3 Å². The van der Waals surface area contributed by atoms with Crippen LogP contribution in [0, 0.1) is 11.8 Å². The molecule has 2 bridgehead atoms. The summed E-state index contributed by atoms with van der Waals surface area (Å²) in [6.45, 7) is 6.13. The molecule has 0 aromatic carbocycles. The number of hydrogen-bond donors (Lipinski definition) is 0. The van der Waals surface area contributed by atoms with E-state index in [1.54, 1.807) is 0 Å². The fourth-order valence-corrected chi connectivity index (χ4v) is 5.56. The summed E-state index contributed by atoms with van der Waals surface area (Å²) in [6, 6.07) is 4.36. The highest BCUT2D eigenvalue weighted by molar-refractivity contribution is 5.83. The summed E-state index contributed by atoms with van der Waals surface area (Å²) in [5.74, 6) is 1.26. The first kappa shape index (κ1) is 17.8. The largest absolute Gasteiger partial charge is 0.376 e. The second-order valence-corrected chi connectivity index (χ2v) is 9.66. The lowest BCUT2D eigenvalue weighted by molar-refractivity contribution is -0.198. The van der Waals surface area contributed by atoms with Crippen molar-refractivity contribution in [2.75, 3.05) is 50.8 Å². The summed E-state index contributed by atoms with van der Waals surface area (Å²) in [4.78, 5) is 19.3. The van der Waals surface area contributed by atoms with Crippen molar-refractivity contribution in [2.24, 2.45) is 11.8 Å². The quantitative estimate of drug-likeness (QED) is 0.765. The SMILES string of the molecule is O=C(C1CC1)N1CCN(c2ccnn3cc(C4=CN5CC(C=C4)C54COC4)cc23)CC1. The fraction of sp³-hybridized carbons (Fsp3) is 0.500. The van der Waals surface area contributed by atoms with Crippen LogP contribution < -0.4 is 4.90 Å². The molecular formula is C24H27N5O2. The number of aromatic nitrogens is 2. The van der Waals surface area contributed by atoms with Crippen LogP contribution in [0.25, 0.3) is 11.1 Å². The van der Waals surface area contributed by atoms with Crippen LogP contribution in [0.4, 0.5) is 5.69 Å². The van der Waals surface area contributed by atoms with E-state index in [1.165, 1.54) is 16.8 Å². The topological polar surface area (TPSA) is 53.3 Å². The fourth-order valence-electron chi connectivity index (χ4n) is 5.56. The molecule has 1 aliphatic carbocycles. The zero-order valence-electron chi connectivity index (χ0n) is 17.6. The number of carbonyl (C=O) groups excluding carboxylic acids is 1. The lowest BCUT2D eigenvalue weighted by atomic mass is 9.73. The van der Waals surface area contributed by atoms with Crippen molar-refractivity contribution < 1.29 is 9.53 Å². The molecule has 6 heterocycles. The lowest BCUT2D eigenvalue weighted by Gasteiger charge is -2.61. The number of fused-ring (bicyclic) bond motifs is 5. The molecule has 2 aromatic rings. The first-order valence-electron chi connectivity index (χ1n) is 11.5. The molecule has 5 aliphatic rings. The van der Waals surface area contributed by atoms with Crippen LogP contribution in [0.15, 0.2) is 42.9 Å². The lowest BCUT2D eigenvalue weighted by Crippen LogP contribution is -2.74. The molecule has 1 unspecified atom stereocenters. The molecule has 0 N–H and O–H groups in total. The van der Waals surface area contributed by atoms with Crippen LogP contribution in [0.1, 0.15) is 18.4 Å². The van der Waals surface area contributed by atoms with Crippen LogP contribution in [0.2, 0.25) is 0 Å². The number of allylic oxidation sites excluding steroid dienone is 2. The van der Waals surface area contributed by atoms with Gasteiger partial charge >= 0.3 is 0 Å². The highest BCUT2D eigenvalue weighted by Gasteiger charge is 2.57. The average Bonchev–Trinajstić information content (AvgIpc) is 3.55. The first-order chi connectivity index (χ1) is 15.2. The summed E-state index contributed by atoms with van der Waals surface area (Å²) < 4.78 is 7.53. The average molecular weight is 418 g/mol. The molecule has 2 aromatic heterocycles. The number of piperazine rings is 1. The number of anilines is 1. The minimum absolute atomic E-state index is 0.207. The van der Waals surface area contributed by atoms with E-state index < -0.39 is 0 Å². The molecule has 31 heavy (non-hydrogen) atoms. The van der Waals surface area contributed by atoms with E-state index >= 15 is 0 Å². The summed E-state index contributed by atoms with van der Waals surface area (Å²) in [5.41, 5.74) is 4.97. The molecule has 7 nitrogen and oxygen atoms in total. The third-order valence-corrected chi connectivity index (χ3v) is 7.84. The van der Waals surface area contributed by atoms with Crippen LogP contribution in [-0.2, 0) is 9.53 Å². The molecule has 160 valence electrons. The van der Waals surface area contributed by atoms with E-state index in [1.807, 2.05) is 10.7 Å². The summed E-state index contributed by atoms with van der Waals surface area (Å²) in [6.07, 6.45) is 13.1. The maximum Gasteiger partial charge on any atom is 0.225 e. The van der Waals surface area contributed by atoms with Crippen molar-refractivity contribution >= 4 is 22.7 Å². The molecule has 1 spiro atoms. The van der Waals surface area contributed by atoms with E-state index in [-0.39, 0.29) is 5.54 Å². The van der Waals surface area contributed by atoms with Crippen molar-refractivity contribution in [2.45, 2.75) is 18.4 Å². The van der Waals surface area contributed by atoms with Gasteiger partial charge in [-0.1, -0.05) is 12.2 Å². The van der Waals surface area contributed by atoms with Crippen molar-refractivity contribution in [1.29, 1.82) is 0 Å². The second kappa shape index (κ2) is 6.36. The van der Waals surface area contributed by atoms with Gasteiger partial charge in [0.25, 0.3) is 0 Å². The van der Waals surface area contributed by atoms with Gasteiger partial charge in [0.1, 0.15) is 0 Å². The van der Waals surface area contributed by atoms with Gasteiger partial charge in [-0.2, -0.15) is 5.10 Å². The predicted molar refractivity (Wildman–Crippen MR) is 118 cm³/mol. The molecule has 1 atom stereocenters. The van der Waals surface area contributed by atoms with E-state index in [2.05, 4.69) is 56.5 Å². The molecule has 1 amide bonds. The van der Waals surface area contributed by atoms with Gasteiger partial charge in [0.15, 0.2) is 0 Å². The molecule has 7 rings (SSSR count). The third-order valence-electron chi connectivity index (χ3n) is 7.84. The minimum Gasteiger partial charge on any atom is -0.376 e. The monoisotopic (exact) mass is 417 g/mol. The van der Waals surface area contributed by atoms with Gasteiger partial charge in [0.05, 0.1) is 30.0 Å². The van der Waals surface area contributed by atoms with Gasteiger partial charge in [-0.25, -0.2) is 4.52 Å². The Bertz CT molecular complexity index is 1120. The maximum absolute atomic E-state index is 12.4. The molecule has 7 heteroatoms. The van der Waals surface area contributed by atoms with Crippen LogP contribution >= 0.6 is 0 Å². The smallest absolute Gasteiger partial charge is 0.225 e. The maximum atomic E-state index is 12.4. The standard InChI is InChI=1S/C24H27N5O2/c30-23(17-1-2-17)27-9-7-26(8-10-27)21-5-6-25-29-13-19(11-22(21)29)18-3-4-20-14-28(12-18)24(20)15-31-16-24/h3-6,11-13,17,20H,1-2,7-10,14-16H2. The summed E-state index contributed by atoms with van der Waals surface area (Å²) >= 11 is 0. The van der Waals surface area contributed by atoms with Gasteiger partial charge in [-0.15, -0.1) is 0 Å². The Kier molecular flexibility index (Phi) is 3.66. The Morgan fingerprint density at radius 3 is 2.74 bits per heavy atom. The highest BCUT2D eigenvalue weighted by Crippen LogP contribution is 2.46. The molecule has 3 saturated heterocycles. The van der Waals surface area contributed by atoms with E-state index in [0.29, 0.717) is 17.7 Å². The van der Waals surface area contributed by atoms with Crippen molar-refractivity contribution in [3.63, 3.8) is 0 Å². The van der Waals surface area contributed by atoms with Gasteiger partial charge in [0, 0.05) is 68.7 Å². The van der Waals surface area contributed by atoms with Gasteiger partial charge in [-0.05, 0) is 30.5 Å². The second-order valence-electron chi connectivity index (χ2n) is 9.66. The Morgan fingerprint density at radius 2 is 2.00 bits per heavy atom. The van der Waals surface area contributed by atoms with E-state index in [4.69, 9.17) is 4.74 Å². The minimum atomic E-state index is 0.207. The first-order valence-corrected chi connectivity index (χ1v) is 11.5. The van der Waals surface area contributed by atoms with Crippen molar-refractivity contribution in [3.05, 3.63) is 48.4 Å². The van der Waals surface area contributed by atoms with Gasteiger partial charge < -0.3 is 19.4 Å². The zero-order chi connectivity index (χ0) is 20.6. The van der Waals surface area contributed by atoms with Crippen molar-refractivity contribution in [3.8, 4) is 0 Å². The summed E-state index contributed by atoms with van der Waals surface area (Å²) in [5, 5.41) is 4.58. The predicted octanol–water partition coefficient (Wildman–Crippen LogP) is 2.00. The number of ether oxygens (including phenoxy) is 1. The molecule has 0 radical (unpaired) electrons. The van der Waals surface area contributed by atoms with Crippen LogP contribution in [0.5, 0.6) is 0 Å². The molecule has 4 aliphatic heterocycles. The molecular weight excluding hydrogens is 390 g/mol. The zero-order valence-corrected chi connectivity index (χ0v) is 17.6. The van der Waals surface area contributed by atoms with Gasteiger partial charge in [0.2, 0.25) is 5.91 Å². The number of rotatable bonds is 3. The van der Waals surface area contributed by atoms with Crippen LogP contribution in [0.3, 0.4) is 0 Å². The highest BCUT2D eigenvalue weighted by atomic mass is 16.5. The summed E-state index contributed by atoms with van der Waals surface area (Å²) in [7, 11) is 0. The number of carbonyl (C=O) groups is 1. The third kappa shape index (κ3) is 2.62. The number of hydrogen-bond acceptors (Lipinski definition) is 5. The Balaban J connectivity index is 1.16. The Morgan fingerprint density at radius 1 is 1.16 bits per heavy atom. The number of nitrogens with zero attached hydrogens (tertiary/aromatic N) is 5.